The fraction of sp³-hybridized carbons (Fsp3) is 0.500. The molecule has 2 aliphatic rings. The van der Waals surface area contributed by atoms with Crippen molar-refractivity contribution in [1.82, 2.24) is 0 Å². The Kier molecular flexibility index (Phi) is 3.30. The van der Waals surface area contributed by atoms with Crippen LogP contribution in [-0.4, -0.2) is 26.5 Å². The maximum absolute atomic E-state index is 11.9. The van der Waals surface area contributed by atoms with E-state index in [-0.39, 0.29) is 16.3 Å². The average Bonchev–Trinajstić information content (AvgIpc) is 2.70. The smallest absolute Gasteiger partial charge is 0.286 e. The summed E-state index contributed by atoms with van der Waals surface area (Å²) in [5.74, 6) is 0.177. The molecule has 0 radical (unpaired) electrons. The van der Waals surface area contributed by atoms with Gasteiger partial charge in [0.15, 0.2) is 0 Å². The second-order valence-electron chi connectivity index (χ2n) is 5.58. The second-order valence-corrected chi connectivity index (χ2v) is 7.15. The van der Waals surface area contributed by atoms with E-state index in [0.717, 1.165) is 25.7 Å². The van der Waals surface area contributed by atoms with Gasteiger partial charge in [-0.3, -0.25) is 0 Å². The molecule has 6 heteroatoms. The average molecular weight is 294 g/mol. The van der Waals surface area contributed by atoms with Crippen LogP contribution in [0.1, 0.15) is 37.7 Å². The minimum Gasteiger partial charge on any atom is -0.475 e. The van der Waals surface area contributed by atoms with Crippen molar-refractivity contribution in [2.24, 2.45) is 10.1 Å². The summed E-state index contributed by atoms with van der Waals surface area (Å²) in [6, 6.07) is 6.71. The van der Waals surface area contributed by atoms with Crippen LogP contribution in [0.3, 0.4) is 0 Å². The molecule has 0 bridgehead atoms. The number of fused-ring (bicyclic) bond motifs is 1. The largest absolute Gasteiger partial charge is 0.475 e. The number of rotatable bonds is 2. The van der Waals surface area contributed by atoms with E-state index in [1.807, 2.05) is 0 Å². The Morgan fingerprint density at radius 3 is 2.65 bits per heavy atom. The molecule has 0 atom stereocenters. The van der Waals surface area contributed by atoms with E-state index >= 15 is 0 Å². The fourth-order valence-electron chi connectivity index (χ4n) is 2.79. The maximum Gasteiger partial charge on any atom is 0.286 e. The van der Waals surface area contributed by atoms with Crippen LogP contribution in [0.5, 0.6) is 0 Å². The minimum absolute atomic E-state index is 0.177. The molecule has 0 amide bonds. The van der Waals surface area contributed by atoms with Gasteiger partial charge in [-0.15, -0.1) is 4.40 Å². The maximum atomic E-state index is 11.9. The van der Waals surface area contributed by atoms with Crippen LogP contribution >= 0.6 is 0 Å². The zero-order valence-electron chi connectivity index (χ0n) is 11.2. The zero-order valence-corrected chi connectivity index (χ0v) is 12.0. The molecule has 0 unspecified atom stereocenters. The van der Waals surface area contributed by atoms with Gasteiger partial charge in [-0.2, -0.15) is 8.42 Å². The van der Waals surface area contributed by atoms with Crippen molar-refractivity contribution in [3.63, 3.8) is 0 Å². The molecule has 1 heterocycles. The molecular weight excluding hydrogens is 276 g/mol. The number of benzene rings is 1. The number of ether oxygens (including phenoxy) is 1. The molecule has 2 N–H and O–H groups in total. The Morgan fingerprint density at radius 1 is 1.20 bits per heavy atom. The highest BCUT2D eigenvalue weighted by molar-refractivity contribution is 7.90. The van der Waals surface area contributed by atoms with Crippen LogP contribution in [0.4, 0.5) is 0 Å². The first kappa shape index (κ1) is 13.6. The Hall–Kier alpha value is -1.40. The Balaban J connectivity index is 1.79. The van der Waals surface area contributed by atoms with Gasteiger partial charge in [-0.25, -0.2) is 0 Å². The highest BCUT2D eigenvalue weighted by Gasteiger charge is 2.33. The van der Waals surface area contributed by atoms with Gasteiger partial charge < -0.3 is 10.5 Å². The predicted octanol–water partition coefficient (Wildman–Crippen LogP) is 1.81. The van der Waals surface area contributed by atoms with Crippen molar-refractivity contribution in [1.29, 1.82) is 0 Å². The van der Waals surface area contributed by atoms with E-state index in [2.05, 4.69) is 4.40 Å². The molecule has 108 valence electrons. The molecule has 0 aromatic heterocycles. The molecule has 1 fully saturated rings. The van der Waals surface area contributed by atoms with E-state index in [4.69, 9.17) is 10.5 Å². The SMILES string of the molecule is NC1(COC2=NS(=O)(=O)c3ccccc32)CCCCC1. The molecule has 1 aliphatic heterocycles. The molecule has 1 aromatic rings. The quantitative estimate of drug-likeness (QED) is 0.902. The molecular formula is C14H18N2O3S. The van der Waals surface area contributed by atoms with E-state index in [9.17, 15) is 8.42 Å². The topological polar surface area (TPSA) is 81.8 Å². The van der Waals surface area contributed by atoms with E-state index in [0.29, 0.717) is 12.2 Å². The van der Waals surface area contributed by atoms with E-state index in [1.165, 1.54) is 6.42 Å². The van der Waals surface area contributed by atoms with Crippen LogP contribution in [0.15, 0.2) is 33.6 Å². The van der Waals surface area contributed by atoms with Crippen molar-refractivity contribution < 1.29 is 13.2 Å². The molecule has 1 aromatic carbocycles. The van der Waals surface area contributed by atoms with Gasteiger partial charge in [0.2, 0.25) is 5.90 Å². The van der Waals surface area contributed by atoms with Crippen LogP contribution in [0.2, 0.25) is 0 Å². The molecule has 3 rings (SSSR count). The standard InChI is InChI=1S/C14H18N2O3S/c15-14(8-4-1-5-9-14)10-19-13-11-6-2-3-7-12(11)20(17,18)16-13/h2-3,6-7H,1,4-5,8-10,15H2. The summed E-state index contributed by atoms with van der Waals surface area (Å²) in [5, 5.41) is 0. The van der Waals surface area contributed by atoms with Crippen molar-refractivity contribution >= 4 is 15.9 Å². The summed E-state index contributed by atoms with van der Waals surface area (Å²) < 4.78 is 33.2. The van der Waals surface area contributed by atoms with Gasteiger partial charge >= 0.3 is 0 Å². The van der Waals surface area contributed by atoms with Gasteiger partial charge in [0.1, 0.15) is 11.5 Å². The molecule has 0 saturated heterocycles. The lowest BCUT2D eigenvalue weighted by Gasteiger charge is -2.32. The third-order valence-electron chi connectivity index (χ3n) is 3.94. The van der Waals surface area contributed by atoms with E-state index < -0.39 is 10.0 Å². The van der Waals surface area contributed by atoms with Gasteiger partial charge in [-0.1, -0.05) is 31.4 Å². The summed E-state index contributed by atoms with van der Waals surface area (Å²) in [7, 11) is -3.61. The normalized spacial score (nSPS) is 22.9. The molecule has 1 saturated carbocycles. The molecule has 0 spiro atoms. The summed E-state index contributed by atoms with van der Waals surface area (Å²) >= 11 is 0. The third-order valence-corrected chi connectivity index (χ3v) is 5.26. The van der Waals surface area contributed by atoms with Gasteiger partial charge in [-0.05, 0) is 25.0 Å². The van der Waals surface area contributed by atoms with Gasteiger partial charge in [0, 0.05) is 0 Å². The highest BCUT2D eigenvalue weighted by Crippen LogP contribution is 2.29. The number of nitrogens with two attached hydrogens (primary N) is 1. The molecule has 5 nitrogen and oxygen atoms in total. The Labute approximate surface area is 118 Å². The molecule has 1 aliphatic carbocycles. The van der Waals surface area contributed by atoms with Crippen LogP contribution in [0, 0.1) is 0 Å². The summed E-state index contributed by atoms with van der Waals surface area (Å²) in [4.78, 5) is 0.213. The monoisotopic (exact) mass is 294 g/mol. The van der Waals surface area contributed by atoms with Gasteiger partial charge in [0.05, 0.1) is 11.1 Å². The lowest BCUT2D eigenvalue weighted by atomic mass is 9.83. The second kappa shape index (κ2) is 4.86. The van der Waals surface area contributed by atoms with Crippen LogP contribution in [-0.2, 0) is 14.8 Å². The van der Waals surface area contributed by atoms with Crippen molar-refractivity contribution in [2.75, 3.05) is 6.61 Å². The number of hydrogen-bond donors (Lipinski definition) is 1. The van der Waals surface area contributed by atoms with Crippen molar-refractivity contribution in [3.8, 4) is 0 Å². The number of sulfonamides is 1. The van der Waals surface area contributed by atoms with Crippen molar-refractivity contribution in [3.05, 3.63) is 29.8 Å². The first-order valence-corrected chi connectivity index (χ1v) is 8.30. The predicted molar refractivity (Wildman–Crippen MR) is 76.1 cm³/mol. The zero-order chi connectivity index (χ0) is 14.2. The first-order valence-electron chi connectivity index (χ1n) is 6.86. The fourth-order valence-corrected chi connectivity index (χ4v) is 3.94. The van der Waals surface area contributed by atoms with Crippen LogP contribution < -0.4 is 5.73 Å². The summed E-state index contributed by atoms with van der Waals surface area (Å²) in [6.07, 6.45) is 5.23. The van der Waals surface area contributed by atoms with Gasteiger partial charge in [0.25, 0.3) is 10.0 Å². The lowest BCUT2D eigenvalue weighted by molar-refractivity contribution is 0.166. The van der Waals surface area contributed by atoms with Crippen LogP contribution in [0.25, 0.3) is 0 Å². The Bertz CT molecular complexity index is 646. The number of hydrogen-bond acceptors (Lipinski definition) is 4. The summed E-state index contributed by atoms with van der Waals surface area (Å²) in [6.45, 7) is 0.315. The molecule has 20 heavy (non-hydrogen) atoms. The third kappa shape index (κ3) is 2.45. The lowest BCUT2D eigenvalue weighted by Crippen LogP contribution is -2.46. The van der Waals surface area contributed by atoms with Crippen molar-refractivity contribution in [2.45, 2.75) is 42.5 Å². The highest BCUT2D eigenvalue weighted by atomic mass is 32.2. The number of nitrogens with zero attached hydrogens (tertiary/aromatic N) is 1. The summed E-state index contributed by atoms with van der Waals surface area (Å²) in [5.41, 5.74) is 6.47. The minimum atomic E-state index is -3.61. The van der Waals surface area contributed by atoms with E-state index in [1.54, 1.807) is 24.3 Å². The Morgan fingerprint density at radius 2 is 1.90 bits per heavy atom. The first-order chi connectivity index (χ1) is 9.50.